The highest BCUT2D eigenvalue weighted by molar-refractivity contribution is 7.89. The van der Waals surface area contributed by atoms with Crippen LogP contribution in [-0.2, 0) is 9.53 Å². The summed E-state index contributed by atoms with van der Waals surface area (Å²) in [6, 6.07) is 1.43. The highest BCUT2D eigenvalue weighted by Gasteiger charge is 2.61. The van der Waals surface area contributed by atoms with Gasteiger partial charge in [0.1, 0.15) is 0 Å². The van der Waals surface area contributed by atoms with Crippen molar-refractivity contribution in [3.05, 3.63) is 12.2 Å². The van der Waals surface area contributed by atoms with Crippen molar-refractivity contribution < 1.29 is 9.53 Å². The first-order chi connectivity index (χ1) is 13.5. The molecule has 0 amide bonds. The fraction of sp³-hybridized carbons (Fsp3) is 0.875. The van der Waals surface area contributed by atoms with Crippen molar-refractivity contribution in [2.24, 2.45) is 5.92 Å². The third kappa shape index (κ3) is 8.21. The molecule has 0 spiro atoms. The van der Waals surface area contributed by atoms with Crippen LogP contribution in [0.2, 0.25) is 65.0 Å². The molecule has 0 N–H and O–H groups in total. The first kappa shape index (κ1) is 30.1. The van der Waals surface area contributed by atoms with E-state index in [4.69, 9.17) is 4.74 Å². The normalized spacial score (nSPS) is 14.5. The maximum absolute atomic E-state index is 12.2. The molecule has 0 saturated heterocycles. The van der Waals surface area contributed by atoms with Crippen molar-refractivity contribution in [1.29, 1.82) is 0 Å². The molecule has 0 fully saturated rings. The highest BCUT2D eigenvalue weighted by Crippen LogP contribution is 2.44. The summed E-state index contributed by atoms with van der Waals surface area (Å²) in [5.74, 6) is 0.406. The van der Waals surface area contributed by atoms with Crippen molar-refractivity contribution >= 4 is 35.4 Å². The van der Waals surface area contributed by atoms with Gasteiger partial charge in [0.2, 0.25) is 0 Å². The van der Waals surface area contributed by atoms with Crippen LogP contribution in [0, 0.1) is 5.92 Å². The lowest BCUT2D eigenvalue weighted by molar-refractivity contribution is -0.136. The molecule has 1 unspecified atom stereocenters. The second kappa shape index (κ2) is 12.4. The fourth-order valence-corrected chi connectivity index (χ4v) is 106. The summed E-state index contributed by atoms with van der Waals surface area (Å²) in [5.41, 5.74) is 0.693. The number of hydrogen-bond donors (Lipinski definition) is 0. The molecule has 0 saturated carbocycles. The molecular weight excluding hydrogens is 433 g/mol. The van der Waals surface area contributed by atoms with Crippen LogP contribution in [0.1, 0.15) is 58.3 Å². The maximum Gasteiger partial charge on any atom is 0.333 e. The summed E-state index contributed by atoms with van der Waals surface area (Å²) >= 11 is 0. The smallest absolute Gasteiger partial charge is 0.333 e. The quantitative estimate of drug-likeness (QED) is 0.101. The molecule has 178 valence electrons. The van der Waals surface area contributed by atoms with Gasteiger partial charge in [0.05, 0.1) is 7.11 Å². The molecule has 30 heavy (non-hydrogen) atoms. The Bertz CT molecular complexity index is 503. The first-order valence-corrected chi connectivity index (χ1v) is 28.0. The molecule has 0 aliphatic rings. The Hall–Kier alpha value is 0.0775. The van der Waals surface area contributed by atoms with Crippen LogP contribution >= 0.6 is 0 Å². The average molecular weight is 487 g/mol. The highest BCUT2D eigenvalue weighted by atomic mass is 29.9. The van der Waals surface area contributed by atoms with E-state index in [0.29, 0.717) is 11.5 Å². The monoisotopic (exact) mass is 486 g/mol. The summed E-state index contributed by atoms with van der Waals surface area (Å²) in [4.78, 5) is 12.2. The Balaban J connectivity index is 5.80. The number of ether oxygens (including phenoxy) is 1. The molecule has 0 radical (unpaired) electrons. The van der Waals surface area contributed by atoms with Gasteiger partial charge in [-0.05, 0) is 12.3 Å². The van der Waals surface area contributed by atoms with E-state index in [0.717, 1.165) is 6.42 Å². The maximum atomic E-state index is 12.2. The van der Waals surface area contributed by atoms with E-state index < -0.39 is 29.4 Å². The van der Waals surface area contributed by atoms with Gasteiger partial charge in [0.15, 0.2) is 0 Å². The summed E-state index contributed by atoms with van der Waals surface area (Å²) in [6.07, 6.45) is 10.1. The minimum Gasteiger partial charge on any atom is -0.466 e. The Kier molecular flexibility index (Phi) is 12.4. The Morgan fingerprint density at radius 3 is 1.63 bits per heavy atom. The standard InChI is InChI=1S/C24H54O2Si4/c1-13-14-15-16-17-18-19-23(20-22(2)24(25)26-3)21-30(27(4,5)6,28(7,8)9)29(10,11)12/h23H,2,13-21H2,1,3-12H3. The number of methoxy groups -OCH3 is 1. The summed E-state index contributed by atoms with van der Waals surface area (Å²) in [7, 11) is -2.43. The molecular formula is C24H54O2Si4. The number of unbranched alkanes of at least 4 members (excludes halogenated alkanes) is 5. The number of hydrogen-bond acceptors (Lipinski definition) is 2. The molecule has 6 heteroatoms. The molecule has 0 aromatic heterocycles. The molecule has 0 rings (SSSR count). The van der Waals surface area contributed by atoms with Gasteiger partial charge in [0.25, 0.3) is 0 Å². The van der Waals surface area contributed by atoms with Crippen molar-refractivity contribution in [1.82, 2.24) is 0 Å². The lowest BCUT2D eigenvalue weighted by Crippen LogP contribution is -2.83. The van der Waals surface area contributed by atoms with Crippen LogP contribution in [0.5, 0.6) is 0 Å². The molecule has 0 aliphatic heterocycles. The van der Waals surface area contributed by atoms with E-state index in [1.54, 1.807) is 0 Å². The molecule has 2 nitrogen and oxygen atoms in total. The van der Waals surface area contributed by atoms with Crippen LogP contribution in [0.15, 0.2) is 12.2 Å². The number of carbonyl (C=O) groups excluding carboxylic acids is 1. The summed E-state index contributed by atoms with van der Waals surface area (Å²) in [6.45, 7) is 29.0. The zero-order valence-electron chi connectivity index (χ0n) is 22.5. The van der Waals surface area contributed by atoms with E-state index in [9.17, 15) is 4.79 Å². The molecule has 0 aromatic rings. The van der Waals surface area contributed by atoms with Crippen LogP contribution in [0.3, 0.4) is 0 Å². The largest absolute Gasteiger partial charge is 0.466 e. The number of carbonyl (C=O) groups is 1. The van der Waals surface area contributed by atoms with Gasteiger partial charge in [0, 0.05) is 35.0 Å². The van der Waals surface area contributed by atoms with Gasteiger partial charge in [-0.2, -0.15) is 0 Å². The van der Waals surface area contributed by atoms with Crippen molar-refractivity contribution in [2.75, 3.05) is 7.11 Å². The third-order valence-electron chi connectivity index (χ3n) is 7.41. The van der Waals surface area contributed by atoms with Gasteiger partial charge in [-0.25, -0.2) is 4.79 Å². The Morgan fingerprint density at radius 1 is 0.800 bits per heavy atom. The molecule has 0 bridgehead atoms. The molecule has 0 aromatic carbocycles. The fourth-order valence-electron chi connectivity index (χ4n) is 6.79. The van der Waals surface area contributed by atoms with Crippen LogP contribution in [0.25, 0.3) is 0 Å². The predicted molar refractivity (Wildman–Crippen MR) is 148 cm³/mol. The van der Waals surface area contributed by atoms with Gasteiger partial charge in [-0.3, -0.25) is 0 Å². The first-order valence-electron chi connectivity index (χ1n) is 12.3. The van der Waals surface area contributed by atoms with Crippen LogP contribution in [0.4, 0.5) is 0 Å². The van der Waals surface area contributed by atoms with Gasteiger partial charge in [-0.1, -0.05) is 123 Å². The lowest BCUT2D eigenvalue weighted by atomic mass is 9.95. The predicted octanol–water partition coefficient (Wildman–Crippen LogP) is 8.17. The number of rotatable bonds is 15. The van der Waals surface area contributed by atoms with E-state index in [2.05, 4.69) is 72.4 Å². The molecule has 0 aliphatic carbocycles. The second-order valence-electron chi connectivity index (χ2n) is 12.6. The molecule has 1 atom stereocenters. The van der Waals surface area contributed by atoms with Gasteiger partial charge in [-0.15, -0.1) is 0 Å². The second-order valence-corrected chi connectivity index (χ2v) is 54.0. The van der Waals surface area contributed by atoms with Crippen molar-refractivity contribution in [3.8, 4) is 0 Å². The third-order valence-corrected chi connectivity index (χ3v) is 81.7. The zero-order chi connectivity index (χ0) is 23.8. The minimum atomic E-state index is -1.43. The van der Waals surface area contributed by atoms with E-state index in [-0.39, 0.29) is 5.97 Å². The SMILES string of the molecule is C=C(CC(CCCCCCCC)C[Si]([Si](C)(C)C)([Si](C)(C)C)[Si](C)(C)C)C(=O)OC. The molecule has 0 heterocycles. The van der Waals surface area contributed by atoms with Gasteiger partial charge < -0.3 is 4.74 Å². The van der Waals surface area contributed by atoms with Crippen LogP contribution in [-0.4, -0.2) is 42.5 Å². The van der Waals surface area contributed by atoms with E-state index in [1.165, 1.54) is 58.1 Å². The lowest BCUT2D eigenvalue weighted by Gasteiger charge is -2.59. The minimum absolute atomic E-state index is 0.204. The van der Waals surface area contributed by atoms with E-state index in [1.807, 2.05) is 0 Å². The topological polar surface area (TPSA) is 26.3 Å². The number of esters is 1. The summed E-state index contributed by atoms with van der Waals surface area (Å²) in [5, 5.41) is 0. The van der Waals surface area contributed by atoms with Crippen LogP contribution < -0.4 is 0 Å². The van der Waals surface area contributed by atoms with Crippen molar-refractivity contribution in [2.45, 2.75) is 123 Å². The Labute approximate surface area is 193 Å². The van der Waals surface area contributed by atoms with Crippen molar-refractivity contribution in [3.63, 3.8) is 0 Å². The average Bonchev–Trinajstić information content (AvgIpc) is 2.57. The Morgan fingerprint density at radius 2 is 1.23 bits per heavy atom. The van der Waals surface area contributed by atoms with Gasteiger partial charge >= 0.3 is 5.97 Å². The zero-order valence-corrected chi connectivity index (χ0v) is 26.5. The summed E-state index contributed by atoms with van der Waals surface area (Å²) < 4.78 is 5.01. The van der Waals surface area contributed by atoms with E-state index >= 15 is 0 Å².